The number of aryl methyl sites for hydroxylation is 1. The Morgan fingerprint density at radius 3 is 2.79 bits per heavy atom. The van der Waals surface area contributed by atoms with Crippen LogP contribution in [0.25, 0.3) is 0 Å². The van der Waals surface area contributed by atoms with Gasteiger partial charge in [-0.1, -0.05) is 30.3 Å². The van der Waals surface area contributed by atoms with E-state index in [2.05, 4.69) is 15.4 Å². The fourth-order valence-corrected chi connectivity index (χ4v) is 1.72. The van der Waals surface area contributed by atoms with Gasteiger partial charge in [0.1, 0.15) is 12.4 Å². The maximum absolute atomic E-state index is 11.9. The summed E-state index contributed by atoms with van der Waals surface area (Å²) in [6.07, 6.45) is 2.22. The molecule has 1 atom stereocenters. The molecule has 3 N–H and O–H groups in total. The quantitative estimate of drug-likeness (QED) is 0.801. The van der Waals surface area contributed by atoms with Crippen LogP contribution in [0.1, 0.15) is 17.4 Å². The molecular weight excluding hydrogens is 242 g/mol. The van der Waals surface area contributed by atoms with E-state index < -0.39 is 6.04 Å². The van der Waals surface area contributed by atoms with Crippen LogP contribution in [0, 0.1) is 0 Å². The van der Waals surface area contributed by atoms with Crippen LogP contribution in [0.2, 0.25) is 0 Å². The molecule has 6 heteroatoms. The number of nitrogens with one attached hydrogen (secondary N) is 1. The molecule has 1 amide bonds. The Bertz CT molecular complexity index is 537. The van der Waals surface area contributed by atoms with Crippen LogP contribution in [0.5, 0.6) is 0 Å². The van der Waals surface area contributed by atoms with E-state index >= 15 is 0 Å². The Morgan fingerprint density at radius 1 is 1.42 bits per heavy atom. The molecule has 1 heterocycles. The summed E-state index contributed by atoms with van der Waals surface area (Å²) in [7, 11) is 1.81. The topological polar surface area (TPSA) is 85.8 Å². The largest absolute Gasteiger partial charge is 0.354 e. The molecule has 2 aromatic rings. The van der Waals surface area contributed by atoms with E-state index in [4.69, 9.17) is 5.73 Å². The van der Waals surface area contributed by atoms with Gasteiger partial charge in [-0.15, -0.1) is 0 Å². The zero-order chi connectivity index (χ0) is 13.7. The molecule has 0 bridgehead atoms. The number of hydrogen-bond acceptors (Lipinski definition) is 4. The Morgan fingerprint density at radius 2 is 2.16 bits per heavy atom. The highest BCUT2D eigenvalue weighted by atomic mass is 16.2. The Balaban J connectivity index is 1.81. The van der Waals surface area contributed by atoms with Crippen molar-refractivity contribution < 1.29 is 4.79 Å². The molecule has 19 heavy (non-hydrogen) atoms. The predicted molar refractivity (Wildman–Crippen MR) is 71.1 cm³/mol. The predicted octanol–water partition coefficient (Wildman–Crippen LogP) is 0.174. The molecule has 100 valence electrons. The smallest absolute Gasteiger partial charge is 0.241 e. The molecule has 0 spiro atoms. The molecular formula is C13H17N5O. The lowest BCUT2D eigenvalue weighted by Gasteiger charge is -2.11. The van der Waals surface area contributed by atoms with Crippen LogP contribution in [0.4, 0.5) is 0 Å². The van der Waals surface area contributed by atoms with Gasteiger partial charge in [0.05, 0.1) is 0 Å². The molecule has 0 aliphatic heterocycles. The summed E-state index contributed by atoms with van der Waals surface area (Å²) in [5.74, 6) is 0.512. The third kappa shape index (κ3) is 3.62. The highest BCUT2D eigenvalue weighted by Crippen LogP contribution is 2.08. The van der Waals surface area contributed by atoms with Gasteiger partial charge in [0.25, 0.3) is 0 Å². The van der Waals surface area contributed by atoms with Crippen LogP contribution in [-0.2, 0) is 18.3 Å². The van der Waals surface area contributed by atoms with Crippen molar-refractivity contribution in [2.45, 2.75) is 12.5 Å². The van der Waals surface area contributed by atoms with Gasteiger partial charge >= 0.3 is 0 Å². The summed E-state index contributed by atoms with van der Waals surface area (Å²) >= 11 is 0. The lowest BCUT2D eigenvalue weighted by Crippen LogP contribution is -2.35. The molecule has 2 rings (SSSR count). The average molecular weight is 259 g/mol. The van der Waals surface area contributed by atoms with E-state index in [0.717, 1.165) is 5.56 Å². The van der Waals surface area contributed by atoms with Gasteiger partial charge in [-0.3, -0.25) is 9.48 Å². The molecule has 0 unspecified atom stereocenters. The second-order valence-corrected chi connectivity index (χ2v) is 4.26. The first-order chi connectivity index (χ1) is 9.16. The van der Waals surface area contributed by atoms with Crippen molar-refractivity contribution in [3.63, 3.8) is 0 Å². The van der Waals surface area contributed by atoms with Crippen molar-refractivity contribution in [1.82, 2.24) is 20.1 Å². The molecule has 1 aromatic heterocycles. The highest BCUT2D eigenvalue weighted by Gasteiger charge is 2.14. The highest BCUT2D eigenvalue weighted by molar-refractivity contribution is 5.82. The van der Waals surface area contributed by atoms with Crippen LogP contribution in [0.3, 0.4) is 0 Å². The number of hydrogen-bond donors (Lipinski definition) is 2. The molecule has 6 nitrogen and oxygen atoms in total. The van der Waals surface area contributed by atoms with Crippen molar-refractivity contribution in [2.24, 2.45) is 12.8 Å². The number of amides is 1. The van der Waals surface area contributed by atoms with Gasteiger partial charge < -0.3 is 11.1 Å². The minimum absolute atomic E-state index is 0.192. The van der Waals surface area contributed by atoms with Crippen LogP contribution < -0.4 is 11.1 Å². The maximum Gasteiger partial charge on any atom is 0.241 e. The van der Waals surface area contributed by atoms with Crippen molar-refractivity contribution in [3.8, 4) is 0 Å². The SMILES string of the molecule is Cn1cnc(CCNC(=O)[C@H](N)c2ccccc2)n1. The summed E-state index contributed by atoms with van der Waals surface area (Å²) in [5, 5.41) is 6.92. The molecule has 0 saturated heterocycles. The Hall–Kier alpha value is -2.21. The first-order valence-corrected chi connectivity index (χ1v) is 6.09. The second kappa shape index (κ2) is 6.10. The minimum atomic E-state index is -0.641. The third-order valence-electron chi connectivity index (χ3n) is 2.74. The molecule has 0 fully saturated rings. The molecule has 1 aromatic carbocycles. The standard InChI is InChI=1S/C13H17N5O/c1-18-9-16-11(17-18)7-8-15-13(19)12(14)10-5-3-2-4-6-10/h2-6,9,12H,7-8,14H2,1H3,(H,15,19)/t12-/m1/s1. The summed E-state index contributed by atoms with van der Waals surface area (Å²) in [5.41, 5.74) is 6.68. The van der Waals surface area contributed by atoms with E-state index in [9.17, 15) is 4.79 Å². The lowest BCUT2D eigenvalue weighted by molar-refractivity contribution is -0.122. The average Bonchev–Trinajstić information content (AvgIpc) is 2.84. The first kappa shape index (κ1) is 13.2. The minimum Gasteiger partial charge on any atom is -0.354 e. The van der Waals surface area contributed by atoms with Crippen molar-refractivity contribution in [1.29, 1.82) is 0 Å². The van der Waals surface area contributed by atoms with Gasteiger partial charge in [-0.05, 0) is 5.56 Å². The Kier molecular flexibility index (Phi) is 4.25. The van der Waals surface area contributed by atoms with Crippen LogP contribution in [0.15, 0.2) is 36.7 Å². The van der Waals surface area contributed by atoms with Gasteiger partial charge in [-0.25, -0.2) is 4.98 Å². The number of carbonyl (C=O) groups is 1. The normalized spacial score (nSPS) is 12.1. The summed E-state index contributed by atoms with van der Waals surface area (Å²) < 4.78 is 1.63. The van der Waals surface area contributed by atoms with E-state index in [1.165, 1.54) is 0 Å². The number of aromatic nitrogens is 3. The zero-order valence-corrected chi connectivity index (χ0v) is 10.8. The summed E-state index contributed by atoms with van der Waals surface area (Å²) in [4.78, 5) is 15.9. The fourth-order valence-electron chi connectivity index (χ4n) is 1.72. The van der Waals surface area contributed by atoms with Crippen molar-refractivity contribution >= 4 is 5.91 Å². The summed E-state index contributed by atoms with van der Waals surface area (Å²) in [6, 6.07) is 8.65. The number of nitrogens with two attached hydrogens (primary N) is 1. The van der Waals surface area contributed by atoms with Crippen LogP contribution >= 0.6 is 0 Å². The first-order valence-electron chi connectivity index (χ1n) is 6.09. The van der Waals surface area contributed by atoms with Crippen molar-refractivity contribution in [3.05, 3.63) is 48.0 Å². The fraction of sp³-hybridized carbons (Fsp3) is 0.308. The van der Waals surface area contributed by atoms with Crippen molar-refractivity contribution in [2.75, 3.05) is 6.54 Å². The molecule has 0 aliphatic carbocycles. The van der Waals surface area contributed by atoms with Gasteiger partial charge in [0, 0.05) is 20.0 Å². The summed E-state index contributed by atoms with van der Waals surface area (Å²) in [6.45, 7) is 0.476. The number of rotatable bonds is 5. The van der Waals surface area contributed by atoms with Gasteiger partial charge in [0.15, 0.2) is 5.82 Å². The second-order valence-electron chi connectivity index (χ2n) is 4.26. The van der Waals surface area contributed by atoms with Crippen LogP contribution in [-0.4, -0.2) is 27.2 Å². The van der Waals surface area contributed by atoms with E-state index in [-0.39, 0.29) is 5.91 Å². The third-order valence-corrected chi connectivity index (χ3v) is 2.74. The van der Waals surface area contributed by atoms with Gasteiger partial charge in [-0.2, -0.15) is 5.10 Å². The molecule has 0 saturated carbocycles. The number of nitrogens with zero attached hydrogens (tertiary/aromatic N) is 3. The lowest BCUT2D eigenvalue weighted by atomic mass is 10.1. The van der Waals surface area contributed by atoms with E-state index in [0.29, 0.717) is 18.8 Å². The van der Waals surface area contributed by atoms with E-state index in [1.54, 1.807) is 18.1 Å². The van der Waals surface area contributed by atoms with Gasteiger partial charge in [0.2, 0.25) is 5.91 Å². The molecule has 0 radical (unpaired) electrons. The Labute approximate surface area is 111 Å². The zero-order valence-electron chi connectivity index (χ0n) is 10.8. The number of carbonyl (C=O) groups excluding carboxylic acids is 1. The van der Waals surface area contributed by atoms with E-state index in [1.807, 2.05) is 30.3 Å². The number of benzene rings is 1. The monoisotopic (exact) mass is 259 g/mol. The molecule has 0 aliphatic rings. The maximum atomic E-state index is 11.9.